The Morgan fingerprint density at radius 2 is 1.39 bits per heavy atom. The Labute approximate surface area is 183 Å². The van der Waals surface area contributed by atoms with Gasteiger partial charge in [0.1, 0.15) is 11.2 Å². The molecule has 9 heteroatoms. The fourth-order valence-electron chi connectivity index (χ4n) is 2.86. The van der Waals surface area contributed by atoms with E-state index in [-0.39, 0.29) is 17.6 Å². The number of carboxylic acid groups (broad SMARTS) is 1. The minimum atomic E-state index is -0.952. The largest absolute Gasteiger partial charge is 0.478 e. The van der Waals surface area contributed by atoms with Gasteiger partial charge in [-0.15, -0.1) is 0 Å². The van der Waals surface area contributed by atoms with E-state index in [0.717, 1.165) is 12.8 Å². The van der Waals surface area contributed by atoms with Crippen LogP contribution in [0.5, 0.6) is 0 Å². The number of rotatable bonds is 3. The molecule has 0 aliphatic heterocycles. The summed E-state index contributed by atoms with van der Waals surface area (Å²) in [6.07, 6.45) is 1.51. The lowest BCUT2D eigenvalue weighted by Gasteiger charge is -2.22. The summed E-state index contributed by atoms with van der Waals surface area (Å²) in [4.78, 5) is 33.7. The Morgan fingerprint density at radius 3 is 1.71 bits per heavy atom. The predicted octanol–water partition coefficient (Wildman–Crippen LogP) is 3.92. The first kappa shape index (κ1) is 26.1. The van der Waals surface area contributed by atoms with E-state index in [2.05, 4.69) is 10.6 Å². The molecule has 1 saturated carbocycles. The van der Waals surface area contributed by atoms with E-state index in [4.69, 9.17) is 20.3 Å². The van der Waals surface area contributed by atoms with Gasteiger partial charge in [-0.3, -0.25) is 0 Å². The van der Waals surface area contributed by atoms with Crippen LogP contribution in [0.2, 0.25) is 0 Å². The number of anilines is 1. The number of ether oxygens (including phenoxy) is 2. The highest BCUT2D eigenvalue weighted by molar-refractivity contribution is 5.88. The molecule has 174 valence electrons. The number of carboxylic acids is 1. The highest BCUT2D eigenvalue weighted by Crippen LogP contribution is 2.20. The minimum Gasteiger partial charge on any atom is -0.478 e. The van der Waals surface area contributed by atoms with Gasteiger partial charge in [-0.2, -0.15) is 0 Å². The van der Waals surface area contributed by atoms with E-state index >= 15 is 0 Å². The Balaban J connectivity index is 0.000000399. The number of nitrogen functional groups attached to an aromatic ring is 1. The fourth-order valence-corrected chi connectivity index (χ4v) is 2.86. The minimum absolute atomic E-state index is 0.0276. The molecule has 9 nitrogen and oxygen atoms in total. The van der Waals surface area contributed by atoms with Gasteiger partial charge in [-0.05, 0) is 79.0 Å². The predicted molar refractivity (Wildman–Crippen MR) is 118 cm³/mol. The van der Waals surface area contributed by atoms with Crippen LogP contribution in [0.3, 0.4) is 0 Å². The molecule has 1 aliphatic carbocycles. The quantitative estimate of drug-likeness (QED) is 0.525. The summed E-state index contributed by atoms with van der Waals surface area (Å²) in [6.45, 7) is 11.0. The molecule has 1 aromatic rings. The number of carbonyl (C=O) groups excluding carboxylic acids is 2. The lowest BCUT2D eigenvalue weighted by atomic mass is 10.2. The zero-order chi connectivity index (χ0) is 23.8. The number of carbonyl (C=O) groups is 3. The second kappa shape index (κ2) is 10.9. The third-order valence-corrected chi connectivity index (χ3v) is 4.01. The van der Waals surface area contributed by atoms with Crippen molar-refractivity contribution in [2.24, 2.45) is 0 Å². The first-order chi connectivity index (χ1) is 14.1. The normalized spacial score (nSPS) is 18.3. The summed E-state index contributed by atoms with van der Waals surface area (Å²) in [5.41, 5.74) is 5.02. The molecule has 31 heavy (non-hydrogen) atoms. The van der Waals surface area contributed by atoms with Gasteiger partial charge in [-0.1, -0.05) is 6.07 Å². The average molecular weight is 438 g/mol. The van der Waals surface area contributed by atoms with Gasteiger partial charge < -0.3 is 30.9 Å². The van der Waals surface area contributed by atoms with Crippen molar-refractivity contribution in [2.75, 3.05) is 5.73 Å². The average Bonchev–Trinajstić information content (AvgIpc) is 2.98. The summed E-state index contributed by atoms with van der Waals surface area (Å²) < 4.78 is 10.4. The van der Waals surface area contributed by atoms with Gasteiger partial charge in [-0.25, -0.2) is 14.4 Å². The van der Waals surface area contributed by atoms with Gasteiger partial charge in [0, 0.05) is 17.8 Å². The van der Waals surface area contributed by atoms with E-state index < -0.39 is 29.4 Å². The second-order valence-corrected chi connectivity index (χ2v) is 9.43. The van der Waals surface area contributed by atoms with Gasteiger partial charge in [0.25, 0.3) is 0 Å². The van der Waals surface area contributed by atoms with E-state index in [1.165, 1.54) is 12.1 Å². The maximum absolute atomic E-state index is 11.7. The van der Waals surface area contributed by atoms with Crippen molar-refractivity contribution < 1.29 is 29.0 Å². The van der Waals surface area contributed by atoms with Crippen molar-refractivity contribution in [1.82, 2.24) is 10.6 Å². The van der Waals surface area contributed by atoms with Gasteiger partial charge in [0.2, 0.25) is 0 Å². The summed E-state index contributed by atoms with van der Waals surface area (Å²) >= 11 is 0. The van der Waals surface area contributed by atoms with Crippen molar-refractivity contribution in [3.63, 3.8) is 0 Å². The van der Waals surface area contributed by atoms with Crippen LogP contribution in [0.4, 0.5) is 15.3 Å². The third-order valence-electron chi connectivity index (χ3n) is 4.01. The van der Waals surface area contributed by atoms with E-state index in [0.29, 0.717) is 12.1 Å². The van der Waals surface area contributed by atoms with Crippen LogP contribution in [-0.4, -0.2) is 46.5 Å². The molecule has 0 bridgehead atoms. The van der Waals surface area contributed by atoms with Gasteiger partial charge in [0.15, 0.2) is 0 Å². The third kappa shape index (κ3) is 11.7. The van der Waals surface area contributed by atoms with Crippen LogP contribution in [0.25, 0.3) is 0 Å². The molecule has 1 aromatic carbocycles. The number of hydrogen-bond acceptors (Lipinski definition) is 6. The Morgan fingerprint density at radius 1 is 0.935 bits per heavy atom. The van der Waals surface area contributed by atoms with Crippen LogP contribution >= 0.6 is 0 Å². The van der Waals surface area contributed by atoms with Crippen molar-refractivity contribution in [3.8, 4) is 0 Å². The van der Waals surface area contributed by atoms with E-state index in [9.17, 15) is 14.4 Å². The van der Waals surface area contributed by atoms with Crippen LogP contribution < -0.4 is 16.4 Å². The lowest BCUT2D eigenvalue weighted by molar-refractivity contribution is 0.0502. The number of nitrogens with two attached hydrogens (primary N) is 1. The molecule has 0 heterocycles. The number of hydrogen-bond donors (Lipinski definition) is 4. The first-order valence-electron chi connectivity index (χ1n) is 10.2. The molecule has 2 atom stereocenters. The van der Waals surface area contributed by atoms with Crippen molar-refractivity contribution >= 4 is 23.8 Å². The molecular formula is C22H35N3O6. The molecule has 2 unspecified atom stereocenters. The molecule has 0 spiro atoms. The molecule has 1 fully saturated rings. The SMILES string of the molecule is CC(C)(C)OC(=O)NC1CCC(NC(=O)OC(C)(C)C)C1.Nc1cccc(C(=O)O)c1. The molecule has 2 rings (SSSR count). The van der Waals surface area contributed by atoms with Crippen LogP contribution in [0.1, 0.15) is 71.2 Å². The maximum atomic E-state index is 11.7. The standard InChI is InChI=1S/C15H28N2O4.C7H7NO2/c1-14(2,3)20-12(18)16-10-7-8-11(9-10)17-13(19)21-15(4,5)6;8-6-3-1-2-5(4-6)7(9)10/h10-11H,7-9H2,1-6H3,(H,16,18)(H,17,19);1-4H,8H2,(H,9,10). The van der Waals surface area contributed by atoms with Crippen LogP contribution in [0, 0.1) is 0 Å². The molecular weight excluding hydrogens is 402 g/mol. The molecule has 0 saturated heterocycles. The van der Waals surface area contributed by atoms with Crippen LogP contribution in [-0.2, 0) is 9.47 Å². The smallest absolute Gasteiger partial charge is 0.407 e. The first-order valence-corrected chi connectivity index (χ1v) is 10.2. The number of amides is 2. The van der Waals surface area contributed by atoms with Crippen molar-refractivity contribution in [3.05, 3.63) is 29.8 Å². The lowest BCUT2D eigenvalue weighted by Crippen LogP contribution is -2.41. The zero-order valence-corrected chi connectivity index (χ0v) is 19.2. The van der Waals surface area contributed by atoms with Gasteiger partial charge >= 0.3 is 18.2 Å². The highest BCUT2D eigenvalue weighted by atomic mass is 16.6. The number of alkyl carbamates (subject to hydrolysis) is 2. The van der Waals surface area contributed by atoms with Crippen LogP contribution in [0.15, 0.2) is 24.3 Å². The molecule has 5 N–H and O–H groups in total. The Kier molecular flexibility index (Phi) is 9.15. The topological polar surface area (TPSA) is 140 Å². The Bertz CT molecular complexity index is 731. The summed E-state index contributed by atoms with van der Waals surface area (Å²) in [5, 5.41) is 14.1. The molecule has 2 amide bonds. The fraction of sp³-hybridized carbons (Fsp3) is 0.591. The molecule has 0 radical (unpaired) electrons. The number of benzene rings is 1. The van der Waals surface area contributed by atoms with E-state index in [1.807, 2.05) is 41.5 Å². The summed E-state index contributed by atoms with van der Waals surface area (Å²) in [7, 11) is 0. The zero-order valence-electron chi connectivity index (χ0n) is 19.2. The number of nitrogens with one attached hydrogen (secondary N) is 2. The monoisotopic (exact) mass is 437 g/mol. The van der Waals surface area contributed by atoms with Crippen molar-refractivity contribution in [1.29, 1.82) is 0 Å². The van der Waals surface area contributed by atoms with Crippen molar-refractivity contribution in [2.45, 2.75) is 84.1 Å². The summed E-state index contributed by atoms with van der Waals surface area (Å²) in [6, 6.07) is 6.23. The molecule has 0 aromatic heterocycles. The highest BCUT2D eigenvalue weighted by Gasteiger charge is 2.29. The maximum Gasteiger partial charge on any atom is 0.407 e. The van der Waals surface area contributed by atoms with Gasteiger partial charge in [0.05, 0.1) is 5.56 Å². The second-order valence-electron chi connectivity index (χ2n) is 9.43. The Hall–Kier alpha value is -2.97. The van der Waals surface area contributed by atoms with E-state index in [1.54, 1.807) is 12.1 Å². The molecule has 1 aliphatic rings. The summed E-state index contributed by atoms with van der Waals surface area (Å²) in [5.74, 6) is -0.952. The number of aromatic carboxylic acids is 1.